The van der Waals surface area contributed by atoms with E-state index in [4.69, 9.17) is 10.8 Å². The molecule has 0 unspecified atom stereocenters. The number of aliphatic hydroxyl groups excluding tert-OH is 1. The molecule has 0 radical (unpaired) electrons. The maximum Gasteiger partial charge on any atom is 0.244 e. The number of halogens is 2. The minimum atomic E-state index is -3.79. The first-order valence-electron chi connectivity index (χ1n) is 4.62. The number of nitrogen functional groups attached to an aromatic ring is 1. The fraction of sp³-hybridized carbons (Fsp3) is 0.333. The number of likely N-dealkylation sites (N-methyl/N-ethyl adjacent to an activating group) is 1. The van der Waals surface area contributed by atoms with E-state index >= 15 is 0 Å². The molecule has 0 aliphatic carbocycles. The van der Waals surface area contributed by atoms with E-state index in [1.807, 2.05) is 0 Å². The number of rotatable bonds is 4. The Hall–Kier alpha value is -0.700. The number of hydrogen-bond donors (Lipinski definition) is 2. The number of nitrogens with zero attached hydrogens (tertiary/aromatic N) is 1. The van der Waals surface area contributed by atoms with Crippen molar-refractivity contribution in [3.05, 3.63) is 22.4 Å². The van der Waals surface area contributed by atoms with Crippen molar-refractivity contribution in [2.24, 2.45) is 0 Å². The molecule has 3 N–H and O–H groups in total. The van der Waals surface area contributed by atoms with Crippen LogP contribution in [0.1, 0.15) is 0 Å². The van der Waals surface area contributed by atoms with Gasteiger partial charge in [0.05, 0.1) is 17.2 Å². The molecule has 0 heterocycles. The fourth-order valence-corrected chi connectivity index (χ4v) is 3.34. The zero-order chi connectivity index (χ0) is 13.2. The van der Waals surface area contributed by atoms with Crippen LogP contribution >= 0.6 is 15.9 Å². The van der Waals surface area contributed by atoms with Crippen molar-refractivity contribution in [2.75, 3.05) is 25.9 Å². The Morgan fingerprint density at radius 1 is 1.53 bits per heavy atom. The smallest absolute Gasteiger partial charge is 0.244 e. The molecule has 0 bridgehead atoms. The lowest BCUT2D eigenvalue weighted by atomic mass is 10.3. The second-order valence-corrected chi connectivity index (χ2v) is 6.22. The highest BCUT2D eigenvalue weighted by molar-refractivity contribution is 9.10. The average Bonchev–Trinajstić information content (AvgIpc) is 2.23. The van der Waals surface area contributed by atoms with Crippen molar-refractivity contribution in [1.82, 2.24) is 4.31 Å². The van der Waals surface area contributed by atoms with Gasteiger partial charge in [0.15, 0.2) is 0 Å². The second kappa shape index (κ2) is 5.30. The van der Waals surface area contributed by atoms with E-state index in [1.165, 1.54) is 7.05 Å². The number of anilines is 1. The second-order valence-electron chi connectivity index (χ2n) is 3.35. The Labute approximate surface area is 107 Å². The molecule has 0 saturated heterocycles. The Balaban J connectivity index is 3.29. The third-order valence-electron chi connectivity index (χ3n) is 2.15. The largest absolute Gasteiger partial charge is 0.396 e. The molecular weight excluding hydrogens is 315 g/mol. The van der Waals surface area contributed by atoms with Gasteiger partial charge in [-0.3, -0.25) is 0 Å². The third-order valence-corrected chi connectivity index (χ3v) is 4.97. The van der Waals surface area contributed by atoms with Crippen LogP contribution in [-0.4, -0.2) is 38.0 Å². The zero-order valence-electron chi connectivity index (χ0n) is 9.02. The van der Waals surface area contributed by atoms with E-state index in [9.17, 15) is 12.8 Å². The molecule has 17 heavy (non-hydrogen) atoms. The topological polar surface area (TPSA) is 83.6 Å². The summed E-state index contributed by atoms with van der Waals surface area (Å²) in [7, 11) is -2.47. The molecule has 0 aromatic heterocycles. The van der Waals surface area contributed by atoms with Gasteiger partial charge in [-0.2, -0.15) is 4.31 Å². The van der Waals surface area contributed by atoms with Gasteiger partial charge in [0.2, 0.25) is 10.0 Å². The SMILES string of the molecule is CN(CCO)S(=O)(=O)c1cc(N)c(F)cc1Br. The quantitative estimate of drug-likeness (QED) is 0.801. The van der Waals surface area contributed by atoms with Gasteiger partial charge >= 0.3 is 0 Å². The molecule has 0 spiro atoms. The number of nitrogens with two attached hydrogens (primary N) is 1. The minimum absolute atomic E-state index is 0.0495. The number of hydrogen-bond acceptors (Lipinski definition) is 4. The maximum absolute atomic E-state index is 13.1. The fourth-order valence-electron chi connectivity index (χ4n) is 1.17. The standard InChI is InChI=1S/C9H12BrFN2O3S/c1-13(2-3-14)17(15,16)9-5-8(12)7(11)4-6(9)10/h4-5,14H,2-3,12H2,1H3. The molecule has 0 fully saturated rings. The highest BCUT2D eigenvalue weighted by Gasteiger charge is 2.24. The van der Waals surface area contributed by atoms with Gasteiger partial charge < -0.3 is 10.8 Å². The Bertz CT molecular complexity index is 521. The van der Waals surface area contributed by atoms with Gasteiger partial charge in [0.1, 0.15) is 5.82 Å². The van der Waals surface area contributed by atoms with Crippen molar-refractivity contribution < 1.29 is 17.9 Å². The molecule has 0 amide bonds. The molecule has 0 saturated carbocycles. The van der Waals surface area contributed by atoms with Gasteiger partial charge in [0.25, 0.3) is 0 Å². The summed E-state index contributed by atoms with van der Waals surface area (Å²) in [5.74, 6) is -0.694. The summed E-state index contributed by atoms with van der Waals surface area (Å²) in [4.78, 5) is -0.132. The third kappa shape index (κ3) is 2.95. The van der Waals surface area contributed by atoms with Crippen LogP contribution in [0.2, 0.25) is 0 Å². The molecule has 5 nitrogen and oxygen atoms in total. The van der Waals surface area contributed by atoms with Crippen LogP contribution in [0.3, 0.4) is 0 Å². The summed E-state index contributed by atoms with van der Waals surface area (Å²) >= 11 is 2.97. The first-order valence-corrected chi connectivity index (χ1v) is 6.85. The van der Waals surface area contributed by atoms with Crippen molar-refractivity contribution in [3.8, 4) is 0 Å². The van der Waals surface area contributed by atoms with E-state index in [0.29, 0.717) is 0 Å². The monoisotopic (exact) mass is 326 g/mol. The highest BCUT2D eigenvalue weighted by Crippen LogP contribution is 2.28. The molecule has 96 valence electrons. The summed E-state index contributed by atoms with van der Waals surface area (Å²) in [6.45, 7) is -0.351. The van der Waals surface area contributed by atoms with Crippen LogP contribution < -0.4 is 5.73 Å². The lowest BCUT2D eigenvalue weighted by molar-refractivity contribution is 0.266. The first-order chi connectivity index (χ1) is 7.80. The van der Waals surface area contributed by atoms with Crippen LogP contribution in [0.25, 0.3) is 0 Å². The number of aliphatic hydroxyl groups is 1. The summed E-state index contributed by atoms with van der Waals surface area (Å²) in [5.41, 5.74) is 5.09. The van der Waals surface area contributed by atoms with E-state index in [0.717, 1.165) is 16.4 Å². The number of benzene rings is 1. The first kappa shape index (κ1) is 14.4. The lowest BCUT2D eigenvalue weighted by Crippen LogP contribution is -2.30. The van der Waals surface area contributed by atoms with Crippen LogP contribution in [0.15, 0.2) is 21.5 Å². The van der Waals surface area contributed by atoms with Crippen LogP contribution in [-0.2, 0) is 10.0 Å². The summed E-state index contributed by atoms with van der Waals surface area (Å²) in [5, 5.41) is 8.71. The van der Waals surface area contributed by atoms with Gasteiger partial charge in [-0.05, 0) is 28.1 Å². The Kier molecular flexibility index (Phi) is 4.48. The average molecular weight is 327 g/mol. The van der Waals surface area contributed by atoms with E-state index in [2.05, 4.69) is 15.9 Å². The molecular formula is C9H12BrFN2O3S. The predicted octanol–water partition coefficient (Wildman–Crippen LogP) is 0.783. The molecule has 0 atom stereocenters. The molecule has 0 aliphatic rings. The molecule has 0 aliphatic heterocycles. The minimum Gasteiger partial charge on any atom is -0.396 e. The molecule has 8 heteroatoms. The molecule has 1 rings (SSSR count). The highest BCUT2D eigenvalue weighted by atomic mass is 79.9. The van der Waals surface area contributed by atoms with Gasteiger partial charge in [0, 0.05) is 18.1 Å². The van der Waals surface area contributed by atoms with Crippen molar-refractivity contribution in [3.63, 3.8) is 0 Å². The molecule has 1 aromatic rings. The van der Waals surface area contributed by atoms with Crippen LogP contribution in [0, 0.1) is 5.82 Å². The normalized spacial score (nSPS) is 12.1. The lowest BCUT2D eigenvalue weighted by Gasteiger charge is -2.17. The summed E-state index contributed by atoms with van der Waals surface area (Å²) in [6.07, 6.45) is 0. The Morgan fingerprint density at radius 3 is 2.65 bits per heavy atom. The maximum atomic E-state index is 13.1. The van der Waals surface area contributed by atoms with Crippen molar-refractivity contribution >= 4 is 31.6 Å². The van der Waals surface area contributed by atoms with Gasteiger partial charge in [-0.25, -0.2) is 12.8 Å². The van der Waals surface area contributed by atoms with E-state index in [-0.39, 0.29) is 28.2 Å². The summed E-state index contributed by atoms with van der Waals surface area (Å²) in [6, 6.07) is 2.04. The van der Waals surface area contributed by atoms with Crippen LogP contribution in [0.5, 0.6) is 0 Å². The van der Waals surface area contributed by atoms with Gasteiger partial charge in [-0.1, -0.05) is 0 Å². The van der Waals surface area contributed by atoms with Crippen molar-refractivity contribution in [1.29, 1.82) is 0 Å². The van der Waals surface area contributed by atoms with Gasteiger partial charge in [-0.15, -0.1) is 0 Å². The zero-order valence-corrected chi connectivity index (χ0v) is 11.4. The van der Waals surface area contributed by atoms with E-state index < -0.39 is 15.8 Å². The molecule has 1 aromatic carbocycles. The van der Waals surface area contributed by atoms with Crippen molar-refractivity contribution in [2.45, 2.75) is 4.90 Å². The predicted molar refractivity (Wildman–Crippen MR) is 65.4 cm³/mol. The van der Waals surface area contributed by atoms with E-state index in [1.54, 1.807) is 0 Å². The summed E-state index contributed by atoms with van der Waals surface area (Å²) < 4.78 is 38.2. The Morgan fingerprint density at radius 2 is 2.12 bits per heavy atom. The van der Waals surface area contributed by atoms with Crippen LogP contribution in [0.4, 0.5) is 10.1 Å². The number of sulfonamides is 1.